The van der Waals surface area contributed by atoms with Crippen LogP contribution in [0.2, 0.25) is 0 Å². The third-order valence-corrected chi connectivity index (χ3v) is 6.69. The van der Waals surface area contributed by atoms with Gasteiger partial charge < -0.3 is 9.80 Å². The maximum absolute atomic E-state index is 4.63. The summed E-state index contributed by atoms with van der Waals surface area (Å²) in [6.45, 7) is 8.80. The topological polar surface area (TPSA) is 22.6 Å². The first-order valence-corrected chi connectivity index (χ1v) is 11.1. The summed E-state index contributed by atoms with van der Waals surface area (Å²) in [5.74, 6) is 1.25. The van der Waals surface area contributed by atoms with E-state index in [-0.39, 0.29) is 0 Å². The molecule has 3 heterocycles. The monoisotopic (exact) mass is 356 g/mol. The molecule has 2 fully saturated rings. The van der Waals surface area contributed by atoms with Crippen molar-refractivity contribution in [2.75, 3.05) is 50.7 Å². The molecule has 1 saturated heterocycles. The van der Waals surface area contributed by atoms with Crippen LogP contribution in [0.4, 0.5) is 5.82 Å². The summed E-state index contributed by atoms with van der Waals surface area (Å²) in [5, 5.41) is 0. The molecule has 1 aromatic rings. The standard InChI is InChI=1S/C22H36N4/c1-2-10-21(11-3-1)25-18-16-24(17-19-25)13-4-5-14-26-15-7-9-20-8-6-12-23-22(20)26/h6,8,12,21H,1-5,7,9-11,13-19H2. The Morgan fingerprint density at radius 3 is 2.54 bits per heavy atom. The number of nitrogens with zero attached hydrogens (tertiary/aromatic N) is 4. The van der Waals surface area contributed by atoms with Crippen molar-refractivity contribution in [1.29, 1.82) is 0 Å². The first kappa shape index (κ1) is 18.2. The summed E-state index contributed by atoms with van der Waals surface area (Å²) in [6, 6.07) is 5.23. The van der Waals surface area contributed by atoms with Gasteiger partial charge >= 0.3 is 0 Å². The van der Waals surface area contributed by atoms with Crippen LogP contribution in [-0.2, 0) is 6.42 Å². The molecule has 144 valence electrons. The SMILES string of the molecule is c1cnc2c(c1)CCCN2CCCCN1CCN(C2CCCCC2)CC1. The predicted molar refractivity (Wildman–Crippen MR) is 109 cm³/mol. The number of aryl methyl sites for hydroxylation is 1. The van der Waals surface area contributed by atoms with Crippen molar-refractivity contribution in [2.45, 2.75) is 63.8 Å². The van der Waals surface area contributed by atoms with Gasteiger partial charge in [-0.1, -0.05) is 25.3 Å². The molecule has 1 aliphatic carbocycles. The van der Waals surface area contributed by atoms with Gasteiger partial charge in [0.1, 0.15) is 5.82 Å². The van der Waals surface area contributed by atoms with Gasteiger partial charge in [0.2, 0.25) is 0 Å². The summed E-state index contributed by atoms with van der Waals surface area (Å²) >= 11 is 0. The molecule has 4 rings (SSSR count). The Bertz CT molecular complexity index is 547. The predicted octanol–water partition coefficient (Wildman–Crippen LogP) is 3.56. The zero-order chi connectivity index (χ0) is 17.6. The first-order valence-electron chi connectivity index (χ1n) is 11.1. The number of anilines is 1. The first-order chi connectivity index (χ1) is 12.9. The quantitative estimate of drug-likeness (QED) is 0.727. The van der Waals surface area contributed by atoms with E-state index in [2.05, 4.69) is 31.8 Å². The van der Waals surface area contributed by atoms with Crippen LogP contribution in [0.15, 0.2) is 18.3 Å². The highest BCUT2D eigenvalue weighted by atomic mass is 15.3. The van der Waals surface area contributed by atoms with Crippen LogP contribution in [-0.4, -0.2) is 66.6 Å². The lowest BCUT2D eigenvalue weighted by Gasteiger charge is -2.40. The normalized spacial score (nSPS) is 23.2. The fourth-order valence-corrected chi connectivity index (χ4v) is 5.13. The van der Waals surface area contributed by atoms with Gasteiger partial charge in [0, 0.05) is 51.5 Å². The molecule has 26 heavy (non-hydrogen) atoms. The Kier molecular flexibility index (Phi) is 6.44. The fourth-order valence-electron chi connectivity index (χ4n) is 5.13. The van der Waals surface area contributed by atoms with Crippen LogP contribution in [0, 0.1) is 0 Å². The number of hydrogen-bond donors (Lipinski definition) is 0. The van der Waals surface area contributed by atoms with Crippen molar-refractivity contribution in [2.24, 2.45) is 0 Å². The Balaban J connectivity index is 1.14. The molecule has 0 aromatic carbocycles. The lowest BCUT2D eigenvalue weighted by molar-refractivity contribution is 0.0783. The second-order valence-electron chi connectivity index (χ2n) is 8.45. The van der Waals surface area contributed by atoms with Crippen LogP contribution in [0.3, 0.4) is 0 Å². The minimum Gasteiger partial charge on any atom is -0.356 e. The van der Waals surface area contributed by atoms with Gasteiger partial charge in [0.15, 0.2) is 0 Å². The molecule has 0 bridgehead atoms. The van der Waals surface area contributed by atoms with Gasteiger partial charge in [0.05, 0.1) is 0 Å². The molecular weight excluding hydrogens is 320 g/mol. The zero-order valence-corrected chi connectivity index (χ0v) is 16.4. The van der Waals surface area contributed by atoms with E-state index in [0.717, 1.165) is 6.04 Å². The van der Waals surface area contributed by atoms with Crippen molar-refractivity contribution in [3.63, 3.8) is 0 Å². The van der Waals surface area contributed by atoms with E-state index in [0.29, 0.717) is 0 Å². The van der Waals surface area contributed by atoms with Crippen LogP contribution < -0.4 is 4.90 Å². The summed E-state index contributed by atoms with van der Waals surface area (Å²) in [6.07, 6.45) is 14.3. The smallest absolute Gasteiger partial charge is 0.131 e. The van der Waals surface area contributed by atoms with E-state index in [1.54, 1.807) is 0 Å². The Morgan fingerprint density at radius 1 is 0.885 bits per heavy atom. The molecule has 0 unspecified atom stereocenters. The molecule has 0 spiro atoms. The maximum atomic E-state index is 4.63. The molecule has 2 aliphatic heterocycles. The number of hydrogen-bond acceptors (Lipinski definition) is 4. The lowest BCUT2D eigenvalue weighted by Crippen LogP contribution is -2.50. The highest BCUT2D eigenvalue weighted by Gasteiger charge is 2.25. The summed E-state index contributed by atoms with van der Waals surface area (Å²) < 4.78 is 0. The van der Waals surface area contributed by atoms with Gasteiger partial charge in [-0.3, -0.25) is 4.90 Å². The lowest BCUT2D eigenvalue weighted by atomic mass is 9.94. The van der Waals surface area contributed by atoms with Crippen molar-refractivity contribution in [3.05, 3.63) is 23.9 Å². The molecule has 0 radical (unpaired) electrons. The van der Waals surface area contributed by atoms with E-state index < -0.39 is 0 Å². The molecule has 3 aliphatic rings. The van der Waals surface area contributed by atoms with Crippen molar-refractivity contribution in [1.82, 2.24) is 14.8 Å². The zero-order valence-electron chi connectivity index (χ0n) is 16.4. The molecule has 4 heteroatoms. The number of unbranched alkanes of at least 4 members (excludes halogenated alkanes) is 1. The fraction of sp³-hybridized carbons (Fsp3) is 0.773. The third kappa shape index (κ3) is 4.58. The minimum atomic E-state index is 0.901. The molecule has 0 N–H and O–H groups in total. The van der Waals surface area contributed by atoms with E-state index in [1.165, 1.54) is 115 Å². The van der Waals surface area contributed by atoms with Crippen LogP contribution in [0.25, 0.3) is 0 Å². The Labute approximate surface area is 159 Å². The largest absolute Gasteiger partial charge is 0.356 e. The van der Waals surface area contributed by atoms with Crippen LogP contribution >= 0.6 is 0 Å². The molecule has 1 saturated carbocycles. The summed E-state index contributed by atoms with van der Waals surface area (Å²) in [5.41, 5.74) is 1.44. The van der Waals surface area contributed by atoms with Crippen molar-refractivity contribution in [3.8, 4) is 0 Å². The van der Waals surface area contributed by atoms with Crippen molar-refractivity contribution >= 4 is 5.82 Å². The summed E-state index contributed by atoms with van der Waals surface area (Å²) in [7, 11) is 0. The number of aromatic nitrogens is 1. The van der Waals surface area contributed by atoms with Crippen LogP contribution in [0.1, 0.15) is 56.9 Å². The average molecular weight is 357 g/mol. The maximum Gasteiger partial charge on any atom is 0.131 e. The molecule has 0 atom stereocenters. The number of rotatable bonds is 6. The number of pyridine rings is 1. The molecule has 0 amide bonds. The molecular formula is C22H36N4. The van der Waals surface area contributed by atoms with Gasteiger partial charge in [-0.2, -0.15) is 0 Å². The second kappa shape index (κ2) is 9.18. The average Bonchev–Trinajstić information content (AvgIpc) is 2.72. The Hall–Kier alpha value is -1.13. The van der Waals surface area contributed by atoms with E-state index in [9.17, 15) is 0 Å². The highest BCUT2D eigenvalue weighted by molar-refractivity contribution is 5.48. The second-order valence-corrected chi connectivity index (χ2v) is 8.45. The van der Waals surface area contributed by atoms with Gasteiger partial charge in [-0.15, -0.1) is 0 Å². The van der Waals surface area contributed by atoms with Gasteiger partial charge in [0.25, 0.3) is 0 Å². The van der Waals surface area contributed by atoms with E-state index in [1.807, 2.05) is 6.20 Å². The van der Waals surface area contributed by atoms with Gasteiger partial charge in [-0.05, 0) is 56.7 Å². The number of fused-ring (bicyclic) bond motifs is 1. The summed E-state index contributed by atoms with van der Waals surface area (Å²) in [4.78, 5) is 12.6. The minimum absolute atomic E-state index is 0.901. The highest BCUT2D eigenvalue weighted by Crippen LogP contribution is 2.25. The van der Waals surface area contributed by atoms with Crippen LogP contribution in [0.5, 0.6) is 0 Å². The van der Waals surface area contributed by atoms with Gasteiger partial charge in [-0.25, -0.2) is 4.98 Å². The third-order valence-electron chi connectivity index (χ3n) is 6.69. The van der Waals surface area contributed by atoms with Crippen molar-refractivity contribution < 1.29 is 0 Å². The van der Waals surface area contributed by atoms with E-state index >= 15 is 0 Å². The molecule has 1 aromatic heterocycles. The van der Waals surface area contributed by atoms with E-state index in [4.69, 9.17) is 0 Å². The Morgan fingerprint density at radius 2 is 1.69 bits per heavy atom. The molecule has 4 nitrogen and oxygen atoms in total. The number of piperazine rings is 1.